The zero-order valence-corrected chi connectivity index (χ0v) is 9.93. The molecule has 3 rings (SSSR count). The van der Waals surface area contributed by atoms with Crippen molar-refractivity contribution in [3.8, 4) is 0 Å². The van der Waals surface area contributed by atoms with Crippen molar-refractivity contribution in [2.24, 2.45) is 5.92 Å². The molecule has 0 N–H and O–H groups in total. The number of fused-ring (bicyclic) bond motifs is 4. The first-order valence-corrected chi connectivity index (χ1v) is 5.78. The number of esters is 2. The van der Waals surface area contributed by atoms with Crippen LogP contribution in [0.15, 0.2) is 47.3 Å². The van der Waals surface area contributed by atoms with Crippen LogP contribution >= 0.6 is 0 Å². The molecule has 0 aromatic rings. The maximum Gasteiger partial charge on any atom is 0.339 e. The minimum Gasteiger partial charge on any atom is -0.458 e. The van der Waals surface area contributed by atoms with Gasteiger partial charge in [0.2, 0.25) is 0 Å². The van der Waals surface area contributed by atoms with Gasteiger partial charge >= 0.3 is 11.9 Å². The Balaban J connectivity index is 2.14. The van der Waals surface area contributed by atoms with Gasteiger partial charge in [0.1, 0.15) is 11.9 Å². The van der Waals surface area contributed by atoms with Crippen molar-refractivity contribution in [2.75, 3.05) is 0 Å². The molecule has 2 saturated heterocycles. The van der Waals surface area contributed by atoms with Crippen molar-refractivity contribution in [1.29, 1.82) is 0 Å². The number of hydrogen-bond donors (Lipinski definition) is 0. The summed E-state index contributed by atoms with van der Waals surface area (Å²) in [5.74, 6) is -0.557. The van der Waals surface area contributed by atoms with Gasteiger partial charge < -0.3 is 9.47 Å². The van der Waals surface area contributed by atoms with E-state index in [1.165, 1.54) is 0 Å². The van der Waals surface area contributed by atoms with Crippen LogP contribution in [0.2, 0.25) is 0 Å². The Bertz CT molecular complexity index is 562. The predicted molar refractivity (Wildman–Crippen MR) is 63.1 cm³/mol. The molecule has 1 aliphatic carbocycles. The molecule has 4 heteroatoms. The Kier molecular flexibility index (Phi) is 2.26. The molecule has 18 heavy (non-hydrogen) atoms. The number of allylic oxidation sites excluding steroid dienone is 4. The number of ether oxygens (including phenoxy) is 2. The Morgan fingerprint density at radius 3 is 2.89 bits per heavy atom. The van der Waals surface area contributed by atoms with Gasteiger partial charge in [-0.05, 0) is 12.5 Å². The van der Waals surface area contributed by atoms with Gasteiger partial charge in [-0.2, -0.15) is 0 Å². The van der Waals surface area contributed by atoms with E-state index in [9.17, 15) is 9.59 Å². The summed E-state index contributed by atoms with van der Waals surface area (Å²) in [7, 11) is 0. The molecule has 0 amide bonds. The summed E-state index contributed by atoms with van der Waals surface area (Å²) in [6, 6.07) is 0. The van der Waals surface area contributed by atoms with Crippen LogP contribution in [0.25, 0.3) is 0 Å². The van der Waals surface area contributed by atoms with Crippen molar-refractivity contribution >= 4 is 11.9 Å². The zero-order chi connectivity index (χ0) is 12.9. The normalized spacial score (nSPS) is 36.1. The second kappa shape index (κ2) is 3.70. The van der Waals surface area contributed by atoms with Crippen LogP contribution < -0.4 is 0 Å². The minimum absolute atomic E-state index is 0.323. The first-order valence-electron chi connectivity index (χ1n) is 5.78. The predicted octanol–water partition coefficient (Wildman–Crippen LogP) is 1.80. The highest BCUT2D eigenvalue weighted by atomic mass is 16.6. The van der Waals surface area contributed by atoms with E-state index in [2.05, 4.69) is 6.58 Å². The van der Waals surface area contributed by atoms with Gasteiger partial charge in [-0.25, -0.2) is 9.59 Å². The first kappa shape index (κ1) is 11.0. The SMILES string of the molecule is C=C1C(=O)O/C2=C(C)/C=C\C=C3C[C@@H](OC3=O)[C@@H]12. The Morgan fingerprint density at radius 1 is 1.33 bits per heavy atom. The molecule has 92 valence electrons. The van der Waals surface area contributed by atoms with Crippen molar-refractivity contribution in [1.82, 2.24) is 0 Å². The standard InChI is InChI=1S/C14H12O4/c1-7-4-3-5-9-6-10(17-14(9)16)11-8(2)13(15)18-12(7)11/h3-5,10-11H,2,6H2,1H3/b4-3-,9-5?,12-7+/t10-,11-/m1/s1. The highest BCUT2D eigenvalue weighted by molar-refractivity contribution is 5.95. The van der Waals surface area contributed by atoms with E-state index in [4.69, 9.17) is 9.47 Å². The lowest BCUT2D eigenvalue weighted by Crippen LogP contribution is -2.21. The molecule has 0 radical (unpaired) electrons. The van der Waals surface area contributed by atoms with Crippen molar-refractivity contribution < 1.29 is 19.1 Å². The van der Waals surface area contributed by atoms with E-state index in [0.29, 0.717) is 23.3 Å². The molecule has 2 fully saturated rings. The third kappa shape index (κ3) is 1.45. The number of rotatable bonds is 0. The summed E-state index contributed by atoms with van der Waals surface area (Å²) in [5, 5.41) is 0. The molecule has 2 atom stereocenters. The van der Waals surface area contributed by atoms with Crippen LogP contribution in [0.1, 0.15) is 13.3 Å². The van der Waals surface area contributed by atoms with E-state index in [1.807, 2.05) is 13.0 Å². The quantitative estimate of drug-likeness (QED) is 0.481. The van der Waals surface area contributed by atoms with E-state index in [-0.39, 0.29) is 18.0 Å². The number of carbonyl (C=O) groups excluding carboxylic acids is 2. The molecule has 3 aliphatic rings. The average molecular weight is 244 g/mol. The molecular weight excluding hydrogens is 232 g/mol. The molecule has 0 aromatic heterocycles. The van der Waals surface area contributed by atoms with Crippen LogP contribution in [0.5, 0.6) is 0 Å². The zero-order valence-electron chi connectivity index (χ0n) is 9.93. The molecule has 2 bridgehead atoms. The highest BCUT2D eigenvalue weighted by Gasteiger charge is 2.46. The highest BCUT2D eigenvalue weighted by Crippen LogP contribution is 2.41. The Morgan fingerprint density at radius 2 is 2.11 bits per heavy atom. The third-order valence-corrected chi connectivity index (χ3v) is 3.47. The van der Waals surface area contributed by atoms with Gasteiger partial charge in [0, 0.05) is 17.6 Å². The van der Waals surface area contributed by atoms with E-state index in [1.54, 1.807) is 12.2 Å². The summed E-state index contributed by atoms with van der Waals surface area (Å²) in [5.41, 5.74) is 1.84. The summed E-state index contributed by atoms with van der Waals surface area (Å²) in [6.07, 6.45) is 5.46. The van der Waals surface area contributed by atoms with Crippen LogP contribution in [0.4, 0.5) is 0 Å². The summed E-state index contributed by atoms with van der Waals surface area (Å²) in [4.78, 5) is 23.3. The summed E-state index contributed by atoms with van der Waals surface area (Å²) >= 11 is 0. The fraction of sp³-hybridized carbons (Fsp3) is 0.286. The number of carbonyl (C=O) groups is 2. The van der Waals surface area contributed by atoms with Gasteiger partial charge in [0.05, 0.1) is 5.92 Å². The monoisotopic (exact) mass is 244 g/mol. The Labute approximate surface area is 104 Å². The van der Waals surface area contributed by atoms with Gasteiger partial charge in [-0.15, -0.1) is 0 Å². The Hall–Kier alpha value is -2.10. The van der Waals surface area contributed by atoms with Crippen LogP contribution in [0, 0.1) is 5.92 Å². The largest absolute Gasteiger partial charge is 0.458 e. The lowest BCUT2D eigenvalue weighted by Gasteiger charge is -2.17. The average Bonchev–Trinajstić information content (AvgIpc) is 2.82. The maximum atomic E-state index is 11.6. The second-order valence-electron chi connectivity index (χ2n) is 4.64. The fourth-order valence-electron chi connectivity index (χ4n) is 2.50. The van der Waals surface area contributed by atoms with Crippen LogP contribution in [-0.4, -0.2) is 18.0 Å². The second-order valence-corrected chi connectivity index (χ2v) is 4.64. The van der Waals surface area contributed by atoms with Crippen molar-refractivity contribution in [2.45, 2.75) is 19.4 Å². The summed E-state index contributed by atoms with van der Waals surface area (Å²) in [6.45, 7) is 5.62. The van der Waals surface area contributed by atoms with E-state index in [0.717, 1.165) is 5.57 Å². The molecule has 2 aliphatic heterocycles. The molecule has 0 aromatic carbocycles. The first-order chi connectivity index (χ1) is 8.58. The molecule has 2 heterocycles. The van der Waals surface area contributed by atoms with Gasteiger partial charge in [0.25, 0.3) is 0 Å². The van der Waals surface area contributed by atoms with Crippen LogP contribution in [0.3, 0.4) is 0 Å². The topological polar surface area (TPSA) is 52.6 Å². The lowest BCUT2D eigenvalue weighted by atomic mass is 9.90. The molecule has 4 nitrogen and oxygen atoms in total. The molecule has 0 saturated carbocycles. The molecule has 0 unspecified atom stereocenters. The van der Waals surface area contributed by atoms with Crippen molar-refractivity contribution in [3.63, 3.8) is 0 Å². The molecule has 0 spiro atoms. The van der Waals surface area contributed by atoms with Crippen molar-refractivity contribution in [3.05, 3.63) is 47.3 Å². The molecular formula is C14H12O4. The minimum atomic E-state index is -0.434. The number of hydrogen-bond acceptors (Lipinski definition) is 4. The maximum absolute atomic E-state index is 11.6. The lowest BCUT2D eigenvalue weighted by molar-refractivity contribution is -0.139. The fourth-order valence-corrected chi connectivity index (χ4v) is 2.50. The van der Waals surface area contributed by atoms with E-state index < -0.39 is 5.97 Å². The van der Waals surface area contributed by atoms with Gasteiger partial charge in [-0.1, -0.05) is 24.8 Å². The summed E-state index contributed by atoms with van der Waals surface area (Å²) < 4.78 is 10.6. The third-order valence-electron chi connectivity index (χ3n) is 3.47. The smallest absolute Gasteiger partial charge is 0.339 e. The van der Waals surface area contributed by atoms with Gasteiger partial charge in [0.15, 0.2) is 0 Å². The van der Waals surface area contributed by atoms with Gasteiger partial charge in [-0.3, -0.25) is 0 Å². The van der Waals surface area contributed by atoms with Crippen LogP contribution in [-0.2, 0) is 19.1 Å². The van der Waals surface area contributed by atoms with E-state index >= 15 is 0 Å².